The number of nitriles is 1. The Morgan fingerprint density at radius 1 is 1.22 bits per heavy atom. The molecular formula is C18H21N3O2. The molecule has 1 saturated heterocycles. The Morgan fingerprint density at radius 3 is 2.35 bits per heavy atom. The maximum atomic E-state index is 12.1. The van der Waals surface area contributed by atoms with E-state index in [0.29, 0.717) is 18.7 Å². The summed E-state index contributed by atoms with van der Waals surface area (Å²) in [4.78, 5) is 27.2. The molecule has 1 heterocycles. The second kappa shape index (κ2) is 7.59. The number of likely N-dealkylation sites (tertiary alicyclic amines) is 1. The second-order valence-electron chi connectivity index (χ2n) is 5.88. The van der Waals surface area contributed by atoms with Gasteiger partial charge in [0, 0.05) is 44.7 Å². The molecular weight excluding hydrogens is 290 g/mol. The average Bonchev–Trinajstić information content (AvgIpc) is 2.59. The minimum Gasteiger partial charge on any atom is -0.345 e. The molecule has 1 aromatic rings. The van der Waals surface area contributed by atoms with Crippen LogP contribution in [0.25, 0.3) is 6.08 Å². The van der Waals surface area contributed by atoms with Gasteiger partial charge in [-0.2, -0.15) is 5.26 Å². The molecule has 0 bridgehead atoms. The third-order valence-electron chi connectivity index (χ3n) is 3.97. The van der Waals surface area contributed by atoms with E-state index in [1.54, 1.807) is 43.3 Å². The van der Waals surface area contributed by atoms with Crippen LogP contribution in [0.4, 0.5) is 0 Å². The fraction of sp³-hybridized carbons (Fsp3) is 0.389. The Hall–Kier alpha value is -2.61. The Kier molecular flexibility index (Phi) is 5.53. The molecule has 0 aromatic heterocycles. The van der Waals surface area contributed by atoms with Crippen LogP contribution in [-0.4, -0.2) is 48.8 Å². The van der Waals surface area contributed by atoms with Crippen LogP contribution in [0.1, 0.15) is 28.8 Å². The third-order valence-corrected chi connectivity index (χ3v) is 3.97. The van der Waals surface area contributed by atoms with Gasteiger partial charge in [-0.15, -0.1) is 0 Å². The van der Waals surface area contributed by atoms with E-state index < -0.39 is 0 Å². The van der Waals surface area contributed by atoms with Crippen molar-refractivity contribution in [3.63, 3.8) is 0 Å². The minimum atomic E-state index is -0.0445. The maximum absolute atomic E-state index is 12.1. The first kappa shape index (κ1) is 16.8. The quantitative estimate of drug-likeness (QED) is 0.804. The summed E-state index contributed by atoms with van der Waals surface area (Å²) in [5, 5.41) is 8.87. The molecule has 1 aliphatic rings. The van der Waals surface area contributed by atoms with E-state index in [1.165, 1.54) is 4.90 Å². The van der Waals surface area contributed by atoms with Gasteiger partial charge >= 0.3 is 0 Å². The van der Waals surface area contributed by atoms with Crippen molar-refractivity contribution in [2.24, 2.45) is 5.92 Å². The first-order valence-electron chi connectivity index (χ1n) is 7.69. The summed E-state index contributed by atoms with van der Waals surface area (Å²) in [5.41, 5.74) is 1.50. The third kappa shape index (κ3) is 4.43. The molecule has 1 aromatic carbocycles. The number of amides is 2. The van der Waals surface area contributed by atoms with E-state index in [2.05, 4.69) is 6.07 Å². The predicted octanol–water partition coefficient (Wildman–Crippen LogP) is 2.16. The van der Waals surface area contributed by atoms with Crippen LogP contribution in [0.3, 0.4) is 0 Å². The molecule has 0 radical (unpaired) electrons. The van der Waals surface area contributed by atoms with Crippen molar-refractivity contribution in [3.8, 4) is 6.07 Å². The summed E-state index contributed by atoms with van der Waals surface area (Å²) in [6.45, 7) is 1.27. The zero-order valence-corrected chi connectivity index (χ0v) is 13.5. The Morgan fingerprint density at radius 2 is 1.83 bits per heavy atom. The fourth-order valence-corrected chi connectivity index (χ4v) is 2.50. The van der Waals surface area contributed by atoms with E-state index in [0.717, 1.165) is 18.4 Å². The Labute approximate surface area is 136 Å². The smallest absolute Gasteiger partial charge is 0.253 e. The van der Waals surface area contributed by atoms with E-state index in [1.807, 2.05) is 12.1 Å². The lowest BCUT2D eigenvalue weighted by Gasteiger charge is -2.28. The monoisotopic (exact) mass is 311 g/mol. The Bertz CT molecular complexity index is 633. The molecule has 0 unspecified atom stereocenters. The molecule has 23 heavy (non-hydrogen) atoms. The van der Waals surface area contributed by atoms with Crippen LogP contribution in [0.15, 0.2) is 30.3 Å². The lowest BCUT2D eigenvalue weighted by Crippen LogP contribution is -2.37. The molecule has 1 fully saturated rings. The molecule has 0 aliphatic carbocycles. The molecule has 2 amide bonds. The SMILES string of the molecule is CN(C)C(=O)c1ccc(/C=C/C(=O)N2CCC(C#N)CC2)cc1. The standard InChI is InChI=1S/C18H21N3O2/c1-20(2)18(23)16-6-3-14(4-7-16)5-8-17(22)21-11-9-15(13-19)10-12-21/h3-8,15H,9-12H2,1-2H3/b8-5+. The molecule has 0 atom stereocenters. The molecule has 120 valence electrons. The van der Waals surface area contributed by atoms with E-state index in [4.69, 9.17) is 5.26 Å². The van der Waals surface area contributed by atoms with Gasteiger partial charge in [0.15, 0.2) is 0 Å². The van der Waals surface area contributed by atoms with E-state index in [9.17, 15) is 9.59 Å². The van der Waals surface area contributed by atoms with Crippen LogP contribution in [-0.2, 0) is 4.79 Å². The van der Waals surface area contributed by atoms with Crippen molar-refractivity contribution in [1.82, 2.24) is 9.80 Å². The number of hydrogen-bond donors (Lipinski definition) is 0. The van der Waals surface area contributed by atoms with Crippen molar-refractivity contribution >= 4 is 17.9 Å². The van der Waals surface area contributed by atoms with Gasteiger partial charge in [0.2, 0.25) is 5.91 Å². The topological polar surface area (TPSA) is 64.4 Å². The highest BCUT2D eigenvalue weighted by Crippen LogP contribution is 2.16. The van der Waals surface area contributed by atoms with Crippen LogP contribution in [0.2, 0.25) is 0 Å². The summed E-state index contributed by atoms with van der Waals surface area (Å²) < 4.78 is 0. The van der Waals surface area contributed by atoms with Crippen LogP contribution >= 0.6 is 0 Å². The molecule has 0 N–H and O–H groups in total. The molecule has 2 rings (SSSR count). The number of carbonyl (C=O) groups excluding carboxylic acids is 2. The second-order valence-corrected chi connectivity index (χ2v) is 5.88. The number of nitrogens with zero attached hydrogens (tertiary/aromatic N) is 3. The van der Waals surface area contributed by atoms with E-state index in [-0.39, 0.29) is 17.7 Å². The van der Waals surface area contributed by atoms with Crippen molar-refractivity contribution < 1.29 is 9.59 Å². The first-order valence-corrected chi connectivity index (χ1v) is 7.69. The van der Waals surface area contributed by atoms with Crippen molar-refractivity contribution in [1.29, 1.82) is 5.26 Å². The summed E-state index contributed by atoms with van der Waals surface area (Å²) in [5.74, 6) is -0.00314. The van der Waals surface area contributed by atoms with Crippen LogP contribution in [0.5, 0.6) is 0 Å². The van der Waals surface area contributed by atoms with Crippen molar-refractivity contribution in [3.05, 3.63) is 41.5 Å². The average molecular weight is 311 g/mol. The maximum Gasteiger partial charge on any atom is 0.253 e. The van der Waals surface area contributed by atoms with Gasteiger partial charge in [-0.25, -0.2) is 0 Å². The number of carbonyl (C=O) groups is 2. The normalized spacial score (nSPS) is 15.4. The highest BCUT2D eigenvalue weighted by molar-refractivity contribution is 5.94. The molecule has 5 nitrogen and oxygen atoms in total. The number of benzene rings is 1. The highest BCUT2D eigenvalue weighted by Gasteiger charge is 2.20. The Balaban J connectivity index is 1.94. The summed E-state index contributed by atoms with van der Waals surface area (Å²) in [6.07, 6.45) is 4.80. The van der Waals surface area contributed by atoms with Gasteiger partial charge in [0.05, 0.1) is 6.07 Å². The van der Waals surface area contributed by atoms with E-state index >= 15 is 0 Å². The van der Waals surface area contributed by atoms with Crippen molar-refractivity contribution in [2.75, 3.05) is 27.2 Å². The molecule has 1 aliphatic heterocycles. The van der Waals surface area contributed by atoms with Crippen LogP contribution in [0, 0.1) is 17.2 Å². The largest absolute Gasteiger partial charge is 0.345 e. The predicted molar refractivity (Wildman–Crippen MR) is 88.4 cm³/mol. The number of hydrogen-bond acceptors (Lipinski definition) is 3. The lowest BCUT2D eigenvalue weighted by atomic mass is 9.98. The van der Waals surface area contributed by atoms with Gasteiger partial charge in [-0.3, -0.25) is 9.59 Å². The number of piperidine rings is 1. The van der Waals surface area contributed by atoms with Gasteiger partial charge < -0.3 is 9.80 Å². The fourth-order valence-electron chi connectivity index (χ4n) is 2.50. The lowest BCUT2D eigenvalue weighted by molar-refractivity contribution is -0.127. The van der Waals surface area contributed by atoms with Crippen LogP contribution < -0.4 is 0 Å². The highest BCUT2D eigenvalue weighted by atomic mass is 16.2. The first-order chi connectivity index (χ1) is 11.0. The van der Waals surface area contributed by atoms with Gasteiger partial charge in [0.1, 0.15) is 0 Å². The summed E-state index contributed by atoms with van der Waals surface area (Å²) >= 11 is 0. The van der Waals surface area contributed by atoms with Gasteiger partial charge in [-0.05, 0) is 36.6 Å². The zero-order chi connectivity index (χ0) is 16.8. The summed E-state index contributed by atoms with van der Waals surface area (Å²) in [7, 11) is 3.43. The molecule has 5 heteroatoms. The summed E-state index contributed by atoms with van der Waals surface area (Å²) in [6, 6.07) is 9.41. The molecule has 0 spiro atoms. The van der Waals surface area contributed by atoms with Crippen molar-refractivity contribution in [2.45, 2.75) is 12.8 Å². The van der Waals surface area contributed by atoms with Gasteiger partial charge in [0.25, 0.3) is 5.91 Å². The minimum absolute atomic E-state index is 0.0326. The van der Waals surface area contributed by atoms with Gasteiger partial charge in [-0.1, -0.05) is 12.1 Å². The zero-order valence-electron chi connectivity index (χ0n) is 13.5. The molecule has 0 saturated carbocycles. The number of rotatable bonds is 3.